The summed E-state index contributed by atoms with van der Waals surface area (Å²) in [4.78, 5) is 0. The molecule has 0 aliphatic rings. The minimum Gasteiger partial charge on any atom is -0.0887 e. The molecule has 0 N–H and O–H groups in total. The zero-order chi connectivity index (χ0) is 10.8. The summed E-state index contributed by atoms with van der Waals surface area (Å²) in [5.74, 6) is 0.766. The van der Waals surface area contributed by atoms with E-state index in [0.717, 1.165) is 5.92 Å². The molecular formula is C14H26. The second-order valence-corrected chi connectivity index (χ2v) is 4.22. The third-order valence-electron chi connectivity index (χ3n) is 2.64. The summed E-state index contributed by atoms with van der Waals surface area (Å²) in [6.45, 7) is 8.88. The molecule has 0 saturated heterocycles. The van der Waals surface area contributed by atoms with Gasteiger partial charge in [0, 0.05) is 0 Å². The Labute approximate surface area is 90.1 Å². The van der Waals surface area contributed by atoms with Crippen molar-refractivity contribution < 1.29 is 0 Å². The summed E-state index contributed by atoms with van der Waals surface area (Å²) in [7, 11) is 0. The monoisotopic (exact) mass is 194 g/mol. The Morgan fingerprint density at radius 2 is 2.07 bits per heavy atom. The molecule has 0 aromatic heterocycles. The fourth-order valence-electron chi connectivity index (χ4n) is 1.52. The standard InChI is InChI=1S/C14H26/c1-5-10-14(4)12-9-7-8-11-13(3)6-2/h6,9,12,14H,5,7-8,10-11H2,1-4H3. The smallest absolute Gasteiger partial charge is 0.0262 e. The highest BCUT2D eigenvalue weighted by Crippen LogP contribution is 2.10. The van der Waals surface area contributed by atoms with E-state index in [1.807, 2.05) is 0 Å². The van der Waals surface area contributed by atoms with Crippen LogP contribution >= 0.6 is 0 Å². The Balaban J connectivity index is 3.44. The highest BCUT2D eigenvalue weighted by atomic mass is 14.0. The van der Waals surface area contributed by atoms with Crippen molar-refractivity contribution in [1.82, 2.24) is 0 Å². The van der Waals surface area contributed by atoms with Crippen molar-refractivity contribution in [2.24, 2.45) is 5.92 Å². The van der Waals surface area contributed by atoms with E-state index in [0.29, 0.717) is 0 Å². The second-order valence-electron chi connectivity index (χ2n) is 4.22. The number of unbranched alkanes of at least 4 members (excludes halogenated alkanes) is 1. The van der Waals surface area contributed by atoms with Gasteiger partial charge >= 0.3 is 0 Å². The van der Waals surface area contributed by atoms with Gasteiger partial charge in [-0.25, -0.2) is 0 Å². The Kier molecular flexibility index (Phi) is 8.72. The Hall–Kier alpha value is -0.520. The van der Waals surface area contributed by atoms with Gasteiger partial charge in [-0.05, 0) is 45.4 Å². The van der Waals surface area contributed by atoms with Gasteiger partial charge in [0.15, 0.2) is 0 Å². The number of hydrogen-bond donors (Lipinski definition) is 0. The van der Waals surface area contributed by atoms with E-state index in [1.54, 1.807) is 0 Å². The van der Waals surface area contributed by atoms with Gasteiger partial charge in [-0.3, -0.25) is 0 Å². The first-order chi connectivity index (χ1) is 6.70. The fraction of sp³-hybridized carbons (Fsp3) is 0.714. The maximum atomic E-state index is 2.37. The first-order valence-corrected chi connectivity index (χ1v) is 5.99. The minimum atomic E-state index is 0.766. The van der Waals surface area contributed by atoms with Crippen molar-refractivity contribution >= 4 is 0 Å². The quantitative estimate of drug-likeness (QED) is 0.390. The predicted octanol–water partition coefficient (Wildman–Crippen LogP) is 5.12. The first-order valence-electron chi connectivity index (χ1n) is 5.99. The molecule has 0 amide bonds. The number of hydrogen-bond acceptors (Lipinski definition) is 0. The molecule has 1 unspecified atom stereocenters. The SMILES string of the molecule is CC=C(C)CCCC=CC(C)CCC. The van der Waals surface area contributed by atoms with E-state index >= 15 is 0 Å². The second kappa shape index (κ2) is 9.05. The van der Waals surface area contributed by atoms with Crippen LogP contribution in [0, 0.1) is 5.92 Å². The average Bonchev–Trinajstić information content (AvgIpc) is 2.17. The molecule has 0 radical (unpaired) electrons. The van der Waals surface area contributed by atoms with Crippen LogP contribution in [0.1, 0.15) is 59.8 Å². The van der Waals surface area contributed by atoms with Crippen LogP contribution in [0.2, 0.25) is 0 Å². The van der Waals surface area contributed by atoms with E-state index in [9.17, 15) is 0 Å². The summed E-state index contributed by atoms with van der Waals surface area (Å²) in [5, 5.41) is 0. The molecule has 14 heavy (non-hydrogen) atoms. The topological polar surface area (TPSA) is 0 Å². The molecular weight excluding hydrogens is 168 g/mol. The van der Waals surface area contributed by atoms with E-state index in [2.05, 4.69) is 45.9 Å². The van der Waals surface area contributed by atoms with Gasteiger partial charge in [-0.1, -0.05) is 44.1 Å². The Morgan fingerprint density at radius 3 is 2.64 bits per heavy atom. The van der Waals surface area contributed by atoms with Crippen LogP contribution in [0.4, 0.5) is 0 Å². The van der Waals surface area contributed by atoms with Crippen molar-refractivity contribution in [2.75, 3.05) is 0 Å². The van der Waals surface area contributed by atoms with Crippen LogP contribution in [0.3, 0.4) is 0 Å². The molecule has 0 saturated carbocycles. The minimum absolute atomic E-state index is 0.766. The van der Waals surface area contributed by atoms with E-state index in [4.69, 9.17) is 0 Å². The molecule has 1 atom stereocenters. The lowest BCUT2D eigenvalue weighted by molar-refractivity contribution is 0.631. The number of allylic oxidation sites excluding steroid dienone is 4. The molecule has 0 bridgehead atoms. The fourth-order valence-corrected chi connectivity index (χ4v) is 1.52. The van der Waals surface area contributed by atoms with Gasteiger partial charge in [0.2, 0.25) is 0 Å². The van der Waals surface area contributed by atoms with Gasteiger partial charge in [0.1, 0.15) is 0 Å². The molecule has 0 fully saturated rings. The molecule has 0 nitrogen and oxygen atoms in total. The van der Waals surface area contributed by atoms with Crippen molar-refractivity contribution in [3.05, 3.63) is 23.8 Å². The summed E-state index contributed by atoms with van der Waals surface area (Å²) < 4.78 is 0. The van der Waals surface area contributed by atoms with Gasteiger partial charge < -0.3 is 0 Å². The lowest BCUT2D eigenvalue weighted by Gasteiger charge is -2.02. The Morgan fingerprint density at radius 1 is 1.36 bits per heavy atom. The van der Waals surface area contributed by atoms with E-state index in [-0.39, 0.29) is 0 Å². The van der Waals surface area contributed by atoms with Crippen LogP contribution in [0.5, 0.6) is 0 Å². The van der Waals surface area contributed by atoms with E-state index in [1.165, 1.54) is 37.7 Å². The third-order valence-corrected chi connectivity index (χ3v) is 2.64. The molecule has 0 rings (SSSR count). The molecule has 0 aromatic rings. The van der Waals surface area contributed by atoms with Crippen molar-refractivity contribution in [3.8, 4) is 0 Å². The molecule has 0 heteroatoms. The van der Waals surface area contributed by atoms with Gasteiger partial charge in [0.05, 0.1) is 0 Å². The average molecular weight is 194 g/mol. The van der Waals surface area contributed by atoms with E-state index < -0.39 is 0 Å². The van der Waals surface area contributed by atoms with Gasteiger partial charge in [-0.2, -0.15) is 0 Å². The van der Waals surface area contributed by atoms with Crippen LogP contribution < -0.4 is 0 Å². The zero-order valence-electron chi connectivity index (χ0n) is 10.3. The maximum absolute atomic E-state index is 2.37. The zero-order valence-corrected chi connectivity index (χ0v) is 10.3. The predicted molar refractivity (Wildman–Crippen MR) is 66.5 cm³/mol. The van der Waals surface area contributed by atoms with Crippen molar-refractivity contribution in [1.29, 1.82) is 0 Å². The summed E-state index contributed by atoms with van der Waals surface area (Å²) in [5.41, 5.74) is 1.51. The number of rotatable bonds is 7. The summed E-state index contributed by atoms with van der Waals surface area (Å²) in [6, 6.07) is 0. The van der Waals surface area contributed by atoms with Gasteiger partial charge in [-0.15, -0.1) is 0 Å². The van der Waals surface area contributed by atoms with Crippen LogP contribution in [-0.2, 0) is 0 Å². The van der Waals surface area contributed by atoms with Crippen molar-refractivity contribution in [3.63, 3.8) is 0 Å². The highest BCUT2D eigenvalue weighted by molar-refractivity contribution is 4.96. The summed E-state index contributed by atoms with van der Waals surface area (Å²) in [6.07, 6.45) is 13.3. The van der Waals surface area contributed by atoms with Crippen LogP contribution in [0.25, 0.3) is 0 Å². The van der Waals surface area contributed by atoms with Crippen molar-refractivity contribution in [2.45, 2.75) is 59.8 Å². The highest BCUT2D eigenvalue weighted by Gasteiger charge is 1.93. The molecule has 0 aliphatic heterocycles. The van der Waals surface area contributed by atoms with Gasteiger partial charge in [0.25, 0.3) is 0 Å². The molecule has 0 heterocycles. The lowest BCUT2D eigenvalue weighted by Crippen LogP contribution is -1.87. The molecule has 82 valence electrons. The normalized spacial score (nSPS) is 15.0. The first kappa shape index (κ1) is 13.5. The largest absolute Gasteiger partial charge is 0.0887 e. The van der Waals surface area contributed by atoms with Crippen LogP contribution in [-0.4, -0.2) is 0 Å². The maximum Gasteiger partial charge on any atom is -0.0262 e. The van der Waals surface area contributed by atoms with Crippen LogP contribution in [0.15, 0.2) is 23.8 Å². The lowest BCUT2D eigenvalue weighted by atomic mass is 10.0. The molecule has 0 spiro atoms. The summed E-state index contributed by atoms with van der Waals surface area (Å²) >= 11 is 0. The Bertz CT molecular complexity index is 174. The molecule has 0 aliphatic carbocycles. The third kappa shape index (κ3) is 8.10. The molecule has 0 aromatic carbocycles.